The molecule has 2 aromatic heterocycles. The van der Waals surface area contributed by atoms with Crippen molar-refractivity contribution in [3.63, 3.8) is 0 Å². The molecule has 0 fully saturated rings. The van der Waals surface area contributed by atoms with Crippen LogP contribution in [0.15, 0.2) is 46.2 Å². The number of rotatable bonds is 6. The molecule has 1 aromatic carbocycles. The molecule has 1 N–H and O–H groups in total. The van der Waals surface area contributed by atoms with Crippen molar-refractivity contribution in [2.24, 2.45) is 0 Å². The summed E-state index contributed by atoms with van der Waals surface area (Å²) in [5, 5.41) is 15.4. The van der Waals surface area contributed by atoms with E-state index >= 15 is 0 Å². The molecule has 11 heteroatoms. The van der Waals surface area contributed by atoms with Crippen LogP contribution >= 0.6 is 11.3 Å². The van der Waals surface area contributed by atoms with Crippen LogP contribution in [0.4, 0.5) is 5.69 Å². The Morgan fingerprint density at radius 2 is 2.15 bits per heavy atom. The summed E-state index contributed by atoms with van der Waals surface area (Å²) in [7, 11) is -2.30. The van der Waals surface area contributed by atoms with E-state index in [9.17, 15) is 13.2 Å². The molecule has 1 amide bonds. The maximum absolute atomic E-state index is 12.4. The van der Waals surface area contributed by atoms with Gasteiger partial charge in [-0.1, -0.05) is 12.1 Å². The van der Waals surface area contributed by atoms with Gasteiger partial charge in [0.15, 0.2) is 0 Å². The summed E-state index contributed by atoms with van der Waals surface area (Å²) in [4.78, 5) is 12.3. The number of hydrogen-bond donors (Lipinski definition) is 1. The van der Waals surface area contributed by atoms with Gasteiger partial charge in [-0.3, -0.25) is 4.79 Å². The predicted octanol–water partition coefficient (Wildman–Crippen LogP) is 1.29. The van der Waals surface area contributed by atoms with E-state index in [1.807, 2.05) is 19.1 Å². The third-order valence-electron chi connectivity index (χ3n) is 3.63. The molecule has 0 aliphatic heterocycles. The molecule has 0 spiro atoms. The van der Waals surface area contributed by atoms with Crippen molar-refractivity contribution in [3.05, 3.63) is 47.6 Å². The number of thiophene rings is 1. The number of nitrogens with zero attached hydrogens (tertiary/aromatic N) is 5. The van der Waals surface area contributed by atoms with E-state index in [0.717, 1.165) is 21.2 Å². The van der Waals surface area contributed by atoms with E-state index < -0.39 is 15.9 Å². The van der Waals surface area contributed by atoms with Crippen molar-refractivity contribution in [3.8, 4) is 5.69 Å². The third-order valence-corrected chi connectivity index (χ3v) is 6.81. The van der Waals surface area contributed by atoms with Gasteiger partial charge in [0.2, 0.25) is 5.91 Å². The summed E-state index contributed by atoms with van der Waals surface area (Å²) in [6.07, 6.45) is 1.44. The molecular formula is C15H16N6O3S2. The van der Waals surface area contributed by atoms with Crippen LogP contribution in [0, 0.1) is 6.92 Å². The molecule has 136 valence electrons. The first-order chi connectivity index (χ1) is 12.4. The van der Waals surface area contributed by atoms with Crippen molar-refractivity contribution in [1.82, 2.24) is 24.5 Å². The van der Waals surface area contributed by atoms with Gasteiger partial charge >= 0.3 is 0 Å². The lowest BCUT2D eigenvalue weighted by Crippen LogP contribution is -2.34. The second kappa shape index (κ2) is 7.32. The second-order valence-corrected chi connectivity index (χ2v) is 8.71. The number of benzene rings is 1. The second-order valence-electron chi connectivity index (χ2n) is 5.49. The lowest BCUT2D eigenvalue weighted by Gasteiger charge is -2.16. The Kier molecular flexibility index (Phi) is 5.11. The van der Waals surface area contributed by atoms with Crippen LogP contribution in [-0.4, -0.2) is 52.4 Å². The monoisotopic (exact) mass is 392 g/mol. The Labute approximate surface area is 154 Å². The summed E-state index contributed by atoms with van der Waals surface area (Å²) in [6.45, 7) is 1.54. The topological polar surface area (TPSA) is 110 Å². The number of likely N-dealkylation sites (N-methyl/N-ethyl adjacent to an activating group) is 1. The number of nitrogens with one attached hydrogen (secondary N) is 1. The van der Waals surface area contributed by atoms with Gasteiger partial charge in [-0.2, -0.15) is 4.31 Å². The van der Waals surface area contributed by atoms with Gasteiger partial charge in [0.25, 0.3) is 10.0 Å². The van der Waals surface area contributed by atoms with Gasteiger partial charge in [-0.05, 0) is 46.5 Å². The predicted molar refractivity (Wildman–Crippen MR) is 96.7 cm³/mol. The summed E-state index contributed by atoms with van der Waals surface area (Å²) >= 11 is 1.11. The van der Waals surface area contributed by atoms with Crippen LogP contribution in [0.2, 0.25) is 0 Å². The summed E-state index contributed by atoms with van der Waals surface area (Å²) in [6, 6.07) is 8.51. The van der Waals surface area contributed by atoms with E-state index in [1.54, 1.807) is 17.5 Å². The number of aryl methyl sites for hydroxylation is 1. The van der Waals surface area contributed by atoms with Crippen LogP contribution in [0.5, 0.6) is 0 Å². The smallest absolute Gasteiger partial charge is 0.252 e. The molecule has 0 saturated heterocycles. The van der Waals surface area contributed by atoms with Gasteiger partial charge in [0.1, 0.15) is 10.5 Å². The van der Waals surface area contributed by atoms with Gasteiger partial charge < -0.3 is 5.32 Å². The minimum absolute atomic E-state index is 0.199. The molecule has 3 rings (SSSR count). The minimum Gasteiger partial charge on any atom is -0.325 e. The maximum Gasteiger partial charge on any atom is 0.252 e. The highest BCUT2D eigenvalue weighted by Crippen LogP contribution is 2.21. The average molecular weight is 392 g/mol. The standard InChI is InChI=1S/C15H16N6O3S2/c1-11-5-6-12(21-10-16-18-19-21)8-13(11)17-14(22)9-20(2)26(23,24)15-4-3-7-25-15/h3-8,10H,9H2,1-2H3,(H,17,22). The van der Waals surface area contributed by atoms with Crippen molar-refractivity contribution in [1.29, 1.82) is 0 Å². The molecule has 0 unspecified atom stereocenters. The summed E-state index contributed by atoms with van der Waals surface area (Å²) < 4.78 is 27.5. The highest BCUT2D eigenvalue weighted by Gasteiger charge is 2.24. The van der Waals surface area contributed by atoms with E-state index in [2.05, 4.69) is 20.8 Å². The van der Waals surface area contributed by atoms with Crippen molar-refractivity contribution in [2.45, 2.75) is 11.1 Å². The molecule has 0 saturated carbocycles. The van der Waals surface area contributed by atoms with E-state index in [0.29, 0.717) is 11.4 Å². The number of hydrogen-bond acceptors (Lipinski definition) is 7. The first-order valence-corrected chi connectivity index (χ1v) is 9.83. The number of sulfonamides is 1. The quantitative estimate of drug-likeness (QED) is 0.677. The van der Waals surface area contributed by atoms with Crippen LogP contribution in [0.25, 0.3) is 5.69 Å². The van der Waals surface area contributed by atoms with Gasteiger partial charge in [0.05, 0.1) is 12.2 Å². The van der Waals surface area contributed by atoms with Crippen LogP contribution < -0.4 is 5.32 Å². The molecule has 0 aliphatic rings. The number of aromatic nitrogens is 4. The summed E-state index contributed by atoms with van der Waals surface area (Å²) in [5.41, 5.74) is 2.07. The number of carbonyl (C=O) groups is 1. The van der Waals surface area contributed by atoms with Crippen LogP contribution in [0.3, 0.4) is 0 Å². The molecular weight excluding hydrogens is 376 g/mol. The molecule has 0 bridgehead atoms. The number of tetrazole rings is 1. The maximum atomic E-state index is 12.4. The van der Waals surface area contributed by atoms with E-state index in [-0.39, 0.29) is 10.8 Å². The zero-order valence-electron chi connectivity index (χ0n) is 14.0. The fourth-order valence-corrected chi connectivity index (χ4v) is 4.54. The molecule has 2 heterocycles. The van der Waals surface area contributed by atoms with Crippen LogP contribution in [0.1, 0.15) is 5.56 Å². The Bertz CT molecular complexity index is 1000. The Balaban J connectivity index is 1.73. The zero-order chi connectivity index (χ0) is 18.7. The van der Waals surface area contributed by atoms with E-state index in [4.69, 9.17) is 0 Å². The molecule has 9 nitrogen and oxygen atoms in total. The van der Waals surface area contributed by atoms with Gasteiger partial charge in [-0.25, -0.2) is 13.1 Å². The molecule has 0 atom stereocenters. The molecule has 3 aromatic rings. The Hall–Kier alpha value is -2.63. The fourth-order valence-electron chi connectivity index (χ4n) is 2.21. The average Bonchev–Trinajstić information content (AvgIpc) is 3.30. The largest absolute Gasteiger partial charge is 0.325 e. The number of amides is 1. The van der Waals surface area contributed by atoms with Gasteiger partial charge in [-0.15, -0.1) is 16.4 Å². The normalized spacial score (nSPS) is 11.7. The lowest BCUT2D eigenvalue weighted by molar-refractivity contribution is -0.116. The highest BCUT2D eigenvalue weighted by atomic mass is 32.2. The van der Waals surface area contributed by atoms with Crippen molar-refractivity contribution >= 4 is 33.0 Å². The zero-order valence-corrected chi connectivity index (χ0v) is 15.7. The summed E-state index contributed by atoms with van der Waals surface area (Å²) in [5.74, 6) is -0.440. The van der Waals surface area contributed by atoms with Crippen molar-refractivity contribution in [2.75, 3.05) is 18.9 Å². The number of carbonyl (C=O) groups excluding carboxylic acids is 1. The lowest BCUT2D eigenvalue weighted by atomic mass is 10.2. The fraction of sp³-hybridized carbons (Fsp3) is 0.200. The minimum atomic E-state index is -3.68. The molecule has 26 heavy (non-hydrogen) atoms. The number of anilines is 1. The molecule has 0 radical (unpaired) electrons. The first-order valence-electron chi connectivity index (χ1n) is 7.51. The van der Waals surface area contributed by atoms with Crippen molar-refractivity contribution < 1.29 is 13.2 Å². The Morgan fingerprint density at radius 1 is 1.35 bits per heavy atom. The Morgan fingerprint density at radius 3 is 2.81 bits per heavy atom. The van der Waals surface area contributed by atoms with Crippen LogP contribution in [-0.2, 0) is 14.8 Å². The SMILES string of the molecule is Cc1ccc(-n2cnnn2)cc1NC(=O)CN(C)S(=O)(=O)c1cccs1. The highest BCUT2D eigenvalue weighted by molar-refractivity contribution is 7.91. The third kappa shape index (κ3) is 3.79. The van der Waals surface area contributed by atoms with E-state index in [1.165, 1.54) is 24.1 Å². The first kappa shape index (κ1) is 18.2. The molecule has 0 aliphatic carbocycles. The van der Waals surface area contributed by atoms with Gasteiger partial charge in [0, 0.05) is 12.7 Å².